The second-order valence-electron chi connectivity index (χ2n) is 11.0. The molecule has 0 atom stereocenters. The summed E-state index contributed by atoms with van der Waals surface area (Å²) >= 11 is 7.14. The number of aryl methyl sites for hydroxylation is 1. The predicted octanol–water partition coefficient (Wildman–Crippen LogP) is 7.43. The molecule has 3 N–H and O–H groups in total. The summed E-state index contributed by atoms with van der Waals surface area (Å²) in [5.41, 5.74) is 1.66. The maximum atomic E-state index is 13.1. The van der Waals surface area contributed by atoms with Gasteiger partial charge in [-0.2, -0.15) is 0 Å². The summed E-state index contributed by atoms with van der Waals surface area (Å²) in [5.74, 6) is 0.692. The average molecular weight is 727 g/mol. The van der Waals surface area contributed by atoms with Crippen LogP contribution >= 0.6 is 31.9 Å². The Hall–Kier alpha value is -2.60. The third kappa shape index (κ3) is 9.20. The van der Waals surface area contributed by atoms with Crippen molar-refractivity contribution < 1.29 is 28.2 Å². The Morgan fingerprint density at radius 3 is 2.02 bits per heavy atom. The van der Waals surface area contributed by atoms with Crippen LogP contribution in [0.4, 0.5) is 4.79 Å². The Morgan fingerprint density at radius 1 is 0.857 bits per heavy atom. The maximum Gasteiger partial charge on any atom is 0.407 e. The highest BCUT2D eigenvalue weighted by atomic mass is 79.9. The highest BCUT2D eigenvalue weighted by molar-refractivity contribution is 9.10. The van der Waals surface area contributed by atoms with E-state index < -0.39 is 21.5 Å². The van der Waals surface area contributed by atoms with Crippen molar-refractivity contribution in [3.05, 3.63) is 69.6 Å². The number of ether oxygens (including phenoxy) is 2. The molecule has 0 saturated carbocycles. The zero-order valence-electron chi connectivity index (χ0n) is 24.1. The third-order valence-corrected chi connectivity index (χ3v) is 9.33. The van der Waals surface area contributed by atoms with Crippen molar-refractivity contribution in [1.29, 1.82) is 0 Å². The molecule has 0 aliphatic rings. The van der Waals surface area contributed by atoms with Gasteiger partial charge in [0, 0.05) is 43.8 Å². The molecule has 42 heavy (non-hydrogen) atoms. The molecule has 0 unspecified atom stereocenters. The average Bonchev–Trinajstić information content (AvgIpc) is 3.19. The van der Waals surface area contributed by atoms with Gasteiger partial charge in [0.2, 0.25) is 0 Å². The minimum atomic E-state index is -3.43. The number of carbonyl (C=O) groups excluding carboxylic acids is 1. The van der Waals surface area contributed by atoms with Crippen molar-refractivity contribution in [1.82, 2.24) is 9.88 Å². The first kappa shape index (κ1) is 33.9. The van der Waals surface area contributed by atoms with Crippen LogP contribution in [-0.4, -0.2) is 49.1 Å². The Balaban J connectivity index is 0.00000484. The molecule has 1 heterocycles. The molecule has 228 valence electrons. The monoisotopic (exact) mass is 724 g/mol. The summed E-state index contributed by atoms with van der Waals surface area (Å²) in [6.07, 6.45) is 2.63. The summed E-state index contributed by atoms with van der Waals surface area (Å²) in [5, 5.41) is 5.01. The minimum Gasteiger partial charge on any atom is -0.494 e. The third-order valence-electron chi connectivity index (χ3n) is 6.52. The highest BCUT2D eigenvalue weighted by Crippen LogP contribution is 2.33. The van der Waals surface area contributed by atoms with Crippen molar-refractivity contribution in [2.45, 2.75) is 63.5 Å². The van der Waals surface area contributed by atoms with Crippen LogP contribution in [-0.2, 0) is 21.1 Å². The van der Waals surface area contributed by atoms with E-state index in [0.717, 1.165) is 50.0 Å². The van der Waals surface area contributed by atoms with Crippen LogP contribution in [0.1, 0.15) is 46.5 Å². The van der Waals surface area contributed by atoms with Gasteiger partial charge in [0.25, 0.3) is 0 Å². The van der Waals surface area contributed by atoms with E-state index in [2.05, 4.69) is 66.0 Å². The van der Waals surface area contributed by atoms with Crippen molar-refractivity contribution in [2.75, 3.05) is 18.9 Å². The molecule has 0 saturated heterocycles. The molecular formula is C31H38Br2N2O6S. The van der Waals surface area contributed by atoms with Crippen LogP contribution in [0, 0.1) is 0 Å². The summed E-state index contributed by atoms with van der Waals surface area (Å²) in [4.78, 5) is 12.0. The van der Waals surface area contributed by atoms with E-state index in [1.807, 2.05) is 32.9 Å². The predicted molar refractivity (Wildman–Crippen MR) is 175 cm³/mol. The normalized spacial score (nSPS) is 11.8. The number of unbranched alkanes of at least 4 members (excludes halogenated alkanes) is 2. The van der Waals surface area contributed by atoms with Gasteiger partial charge in [-0.05, 0) is 107 Å². The molecule has 1 aromatic heterocycles. The number of aromatic nitrogens is 1. The van der Waals surface area contributed by atoms with Crippen LogP contribution in [0.5, 0.6) is 5.75 Å². The number of sulfone groups is 1. The quantitative estimate of drug-likeness (QED) is 0.153. The van der Waals surface area contributed by atoms with Gasteiger partial charge in [-0.3, -0.25) is 0 Å². The maximum absolute atomic E-state index is 13.1. The van der Waals surface area contributed by atoms with Gasteiger partial charge in [-0.25, -0.2) is 13.2 Å². The molecular weight excluding hydrogens is 688 g/mol. The number of nitrogens with one attached hydrogen (secondary N) is 1. The number of halogens is 2. The highest BCUT2D eigenvalue weighted by Gasteiger charge is 2.17. The van der Waals surface area contributed by atoms with Gasteiger partial charge in [0.05, 0.1) is 17.3 Å². The van der Waals surface area contributed by atoms with Gasteiger partial charge in [-0.1, -0.05) is 31.9 Å². The zero-order chi connectivity index (χ0) is 29.6. The Kier molecular flexibility index (Phi) is 11.9. The number of fused-ring (bicyclic) bond motifs is 3. The molecule has 8 nitrogen and oxygen atoms in total. The van der Waals surface area contributed by atoms with Crippen LogP contribution in [0.15, 0.2) is 74.5 Å². The molecule has 11 heteroatoms. The summed E-state index contributed by atoms with van der Waals surface area (Å²) < 4.78 is 41.3. The van der Waals surface area contributed by atoms with Crippen molar-refractivity contribution >= 4 is 69.6 Å². The van der Waals surface area contributed by atoms with Crippen LogP contribution < -0.4 is 10.1 Å². The standard InChI is InChI=1S/C31H36Br2N2O5S.H2O/c1-31(2,3)40-30(36)34-16-5-4-6-18-39-24-10-12-25(13-11-24)41(37,38)19-7-17-35-28-14-8-22(32)20-26(28)27-21-23(33)9-15-29(27)35;/h8-15,20-21H,4-7,16-19H2,1-3H3,(H,34,36);1H2. The topological polar surface area (TPSA) is 118 Å². The Morgan fingerprint density at radius 2 is 1.45 bits per heavy atom. The van der Waals surface area contributed by atoms with Crippen LogP contribution in [0.2, 0.25) is 0 Å². The van der Waals surface area contributed by atoms with Gasteiger partial charge in [0.1, 0.15) is 11.4 Å². The van der Waals surface area contributed by atoms with E-state index in [-0.39, 0.29) is 11.2 Å². The number of alkyl carbamates (subject to hydrolysis) is 1. The number of carbonyl (C=O) groups is 1. The van der Waals surface area contributed by atoms with Crippen LogP contribution in [0.25, 0.3) is 21.8 Å². The first-order valence-electron chi connectivity index (χ1n) is 13.7. The lowest BCUT2D eigenvalue weighted by atomic mass is 10.2. The van der Waals surface area contributed by atoms with Gasteiger partial charge >= 0.3 is 6.09 Å². The fraction of sp³-hybridized carbons (Fsp3) is 0.387. The molecule has 0 aliphatic carbocycles. The lowest BCUT2D eigenvalue weighted by molar-refractivity contribution is 0.0527. The first-order chi connectivity index (χ1) is 19.4. The molecule has 1 amide bonds. The molecule has 0 bridgehead atoms. The molecule has 0 aliphatic heterocycles. The summed E-state index contributed by atoms with van der Waals surface area (Å²) in [6, 6.07) is 19.0. The van der Waals surface area contributed by atoms with E-state index in [0.29, 0.717) is 36.8 Å². The lowest BCUT2D eigenvalue weighted by Gasteiger charge is -2.19. The number of rotatable bonds is 12. The van der Waals surface area contributed by atoms with Crippen molar-refractivity contribution in [3.8, 4) is 5.75 Å². The smallest absolute Gasteiger partial charge is 0.407 e. The molecule has 4 aromatic rings. The Labute approximate surface area is 264 Å². The van der Waals surface area contributed by atoms with Gasteiger partial charge in [0.15, 0.2) is 9.84 Å². The first-order valence-corrected chi connectivity index (χ1v) is 17.0. The van der Waals surface area contributed by atoms with Crippen molar-refractivity contribution in [3.63, 3.8) is 0 Å². The number of nitrogens with zero attached hydrogens (tertiary/aromatic N) is 1. The molecule has 0 fully saturated rings. The fourth-order valence-electron chi connectivity index (χ4n) is 4.66. The van der Waals surface area contributed by atoms with E-state index in [1.165, 1.54) is 0 Å². The zero-order valence-corrected chi connectivity index (χ0v) is 28.1. The number of hydrogen-bond acceptors (Lipinski definition) is 5. The van der Waals surface area contributed by atoms with E-state index in [1.54, 1.807) is 24.3 Å². The van der Waals surface area contributed by atoms with E-state index in [9.17, 15) is 13.2 Å². The molecule has 4 rings (SSSR count). The van der Waals surface area contributed by atoms with Crippen molar-refractivity contribution in [2.24, 2.45) is 0 Å². The van der Waals surface area contributed by atoms with Crippen LogP contribution in [0.3, 0.4) is 0 Å². The van der Waals surface area contributed by atoms with E-state index in [4.69, 9.17) is 9.47 Å². The summed E-state index contributed by atoms with van der Waals surface area (Å²) in [7, 11) is -3.43. The van der Waals surface area contributed by atoms with Gasteiger partial charge in [-0.15, -0.1) is 0 Å². The second-order valence-corrected chi connectivity index (χ2v) is 14.9. The Bertz CT molecular complexity index is 1550. The van der Waals surface area contributed by atoms with E-state index >= 15 is 0 Å². The van der Waals surface area contributed by atoms with Gasteiger partial charge < -0.3 is 24.8 Å². The second kappa shape index (κ2) is 14.7. The number of hydrogen-bond donors (Lipinski definition) is 1. The summed E-state index contributed by atoms with van der Waals surface area (Å²) in [6.45, 7) is 7.16. The molecule has 3 aromatic carbocycles. The molecule has 0 spiro atoms. The largest absolute Gasteiger partial charge is 0.494 e. The number of benzene rings is 3. The number of amides is 1. The molecule has 0 radical (unpaired) electrons. The lowest BCUT2D eigenvalue weighted by Crippen LogP contribution is -2.33. The minimum absolute atomic E-state index is 0. The SMILES string of the molecule is CC(C)(C)OC(=O)NCCCCCOc1ccc(S(=O)(=O)CCCn2c3ccc(Br)cc3c3cc(Br)ccc32)cc1.O. The fourth-order valence-corrected chi connectivity index (χ4v) is 6.68.